The Labute approximate surface area is 657 Å². The number of aliphatic carboxylic acids is 1. The van der Waals surface area contributed by atoms with E-state index in [-0.39, 0.29) is 71.4 Å². The first-order valence-electron chi connectivity index (χ1n) is 38.0. The van der Waals surface area contributed by atoms with Crippen molar-refractivity contribution in [3.05, 3.63) is 168 Å². The second kappa shape index (κ2) is 37.2. The van der Waals surface area contributed by atoms with E-state index in [1.54, 1.807) is 130 Å². The van der Waals surface area contributed by atoms with Gasteiger partial charge in [-0.15, -0.1) is 5.10 Å². The summed E-state index contributed by atoms with van der Waals surface area (Å²) in [6.45, 7) is 14.0. The van der Waals surface area contributed by atoms with Crippen LogP contribution in [0.25, 0.3) is 21.5 Å². The van der Waals surface area contributed by atoms with Gasteiger partial charge >= 0.3 is 5.97 Å². The molecule has 113 heavy (non-hydrogen) atoms. The molecule has 9 amide bonds. The fourth-order valence-electron chi connectivity index (χ4n) is 14.0. The Balaban J connectivity index is 0.972. The number of fused-ring (bicyclic) bond motifs is 2. The number of rotatable bonds is 15. The number of amides is 9. The monoisotopic (exact) mass is 1570 g/mol. The molecule has 7 heterocycles. The lowest BCUT2D eigenvalue weighted by Crippen LogP contribution is -2.61. The van der Waals surface area contributed by atoms with Crippen molar-refractivity contribution < 1.29 is 75.7 Å². The third kappa shape index (κ3) is 22.7. The summed E-state index contributed by atoms with van der Waals surface area (Å²) in [7, 11) is -0.982. The van der Waals surface area contributed by atoms with Crippen molar-refractivity contribution in [1.82, 2.24) is 72.1 Å². The summed E-state index contributed by atoms with van der Waals surface area (Å²) in [5, 5.41) is 45.9. The molecule has 10 N–H and O–H groups in total. The molecule has 0 radical (unpaired) electrons. The molecule has 0 aliphatic carbocycles. The summed E-state index contributed by atoms with van der Waals surface area (Å²) in [6.07, 6.45) is 1.85. The molecule has 6 aliphatic heterocycles. The molecular weight excluding hydrogens is 1470 g/mol. The maximum atomic E-state index is 15.4. The zero-order valence-electron chi connectivity index (χ0n) is 65.6. The number of hydrogen-bond acceptors (Lipinski definition) is 19. The number of carbonyl (C=O) groups is 10. The van der Waals surface area contributed by atoms with Gasteiger partial charge in [-0.1, -0.05) is 156 Å². The number of sulfonamides is 1. The summed E-state index contributed by atoms with van der Waals surface area (Å²) < 4.78 is 47.7. The third-order valence-corrected chi connectivity index (χ3v) is 21.2. The van der Waals surface area contributed by atoms with Gasteiger partial charge < -0.3 is 71.7 Å². The molecule has 1 aromatic heterocycles. The van der Waals surface area contributed by atoms with Gasteiger partial charge in [-0.2, -0.15) is 0 Å². The minimum atomic E-state index is -4.19. The van der Waals surface area contributed by atoms with Crippen LogP contribution < -0.4 is 56.7 Å². The largest absolute Gasteiger partial charge is 0.494 e. The second-order valence-electron chi connectivity index (χ2n) is 31.6. The SMILES string of the molecule is CN[C@@H](C)C(=O)N[C@H](C(=O)N1C[C@@H]2C[C@H]1C(=O)N[C@@H](Cc1ccc3ccccc3c1)C(=O)N[C@H](C(=O)O)Cc1ccc(cc1)OCc1cn(nn1)[C@H]1C[C@@H](C(=O)N[C@@H](Cc3ccc4ccccc4c3)C(=O)N[C@H](C(=O)NS(C)(=O)=O)Cc3ccc(cc3)OCCCCO2)N(C(=O)[C@@H](NC(=O)[C@H](C)NC)C(C)(C)C)C1)C(C)(C)C. The van der Waals surface area contributed by atoms with Crippen molar-refractivity contribution in [2.45, 2.75) is 186 Å². The summed E-state index contributed by atoms with van der Waals surface area (Å²) in [4.78, 5) is 148. The number of carbonyl (C=O) groups excluding carboxylic acids is 9. The van der Waals surface area contributed by atoms with Gasteiger partial charge in [0.25, 0.3) is 5.91 Å². The van der Waals surface area contributed by atoms with E-state index >= 15 is 24.0 Å². The first-order valence-corrected chi connectivity index (χ1v) is 39.9. The molecule has 10 bridgehead atoms. The Morgan fingerprint density at radius 1 is 0.575 bits per heavy atom. The summed E-state index contributed by atoms with van der Waals surface area (Å²) in [5.74, 6) is -6.92. The number of carboxylic acids is 1. The van der Waals surface area contributed by atoms with Gasteiger partial charge in [0.2, 0.25) is 57.3 Å². The molecule has 31 heteroatoms. The summed E-state index contributed by atoms with van der Waals surface area (Å²) in [5.41, 5.74) is 0.760. The van der Waals surface area contributed by atoms with E-state index in [1.165, 1.54) is 14.5 Å². The Morgan fingerprint density at radius 3 is 1.52 bits per heavy atom. The molecule has 0 unspecified atom stereocenters. The number of nitrogens with zero attached hydrogens (tertiary/aromatic N) is 5. The van der Waals surface area contributed by atoms with Crippen LogP contribution in [0.2, 0.25) is 0 Å². The summed E-state index contributed by atoms with van der Waals surface area (Å²) in [6, 6.07) is 26.4. The van der Waals surface area contributed by atoms with Crippen molar-refractivity contribution in [2.75, 3.05) is 46.7 Å². The predicted octanol–water partition coefficient (Wildman–Crippen LogP) is 4.11. The van der Waals surface area contributed by atoms with Gasteiger partial charge in [-0.05, 0) is 120 Å². The molecule has 6 aliphatic rings. The van der Waals surface area contributed by atoms with Crippen molar-refractivity contribution in [2.24, 2.45) is 10.8 Å². The van der Waals surface area contributed by atoms with Crippen LogP contribution in [0.3, 0.4) is 0 Å². The second-order valence-corrected chi connectivity index (χ2v) is 33.3. The molecule has 2 saturated heterocycles. The highest BCUT2D eigenvalue weighted by atomic mass is 32.2. The van der Waals surface area contributed by atoms with Gasteiger partial charge in [0.15, 0.2) is 0 Å². The van der Waals surface area contributed by atoms with E-state index in [9.17, 15) is 37.5 Å². The van der Waals surface area contributed by atoms with Crippen molar-refractivity contribution in [1.29, 1.82) is 0 Å². The lowest BCUT2D eigenvalue weighted by molar-refractivity contribution is -0.145. The maximum Gasteiger partial charge on any atom is 0.326 e. The van der Waals surface area contributed by atoms with Gasteiger partial charge in [0, 0.05) is 58.2 Å². The van der Waals surface area contributed by atoms with Crippen LogP contribution in [0.5, 0.6) is 11.5 Å². The van der Waals surface area contributed by atoms with Gasteiger partial charge in [-0.3, -0.25) is 47.9 Å². The lowest BCUT2D eigenvalue weighted by Gasteiger charge is -2.36. The van der Waals surface area contributed by atoms with Crippen LogP contribution in [0.15, 0.2) is 140 Å². The van der Waals surface area contributed by atoms with Crippen molar-refractivity contribution in [3.63, 3.8) is 0 Å². The van der Waals surface area contributed by atoms with Crippen molar-refractivity contribution >= 4 is 90.7 Å². The van der Waals surface area contributed by atoms with E-state index in [0.717, 1.165) is 27.8 Å². The number of benzene rings is 6. The van der Waals surface area contributed by atoms with Crippen LogP contribution in [0.4, 0.5) is 0 Å². The molecule has 604 valence electrons. The number of likely N-dealkylation sites (tertiary alicyclic amines) is 2. The fraction of sp³-hybridized carbons (Fsp3) is 0.463. The number of likely N-dealkylation sites (N-methyl/N-ethyl adjacent to an activating group) is 2. The fourth-order valence-corrected chi connectivity index (χ4v) is 14.5. The zero-order chi connectivity index (χ0) is 81.6. The Morgan fingerprint density at radius 2 is 1.04 bits per heavy atom. The third-order valence-electron chi connectivity index (χ3n) is 20.7. The molecular formula is C82H104N14O16S. The highest BCUT2D eigenvalue weighted by Crippen LogP contribution is 2.33. The molecule has 13 rings (SSSR count). The first-order chi connectivity index (χ1) is 53.6. The average molecular weight is 1570 g/mol. The smallest absolute Gasteiger partial charge is 0.326 e. The minimum absolute atomic E-state index is 0.00838. The molecule has 6 aromatic carbocycles. The predicted molar refractivity (Wildman–Crippen MR) is 422 cm³/mol. The number of aromatic nitrogens is 3. The molecule has 0 spiro atoms. The van der Waals surface area contributed by atoms with E-state index in [2.05, 4.69) is 52.8 Å². The number of hydrogen-bond donors (Lipinski definition) is 10. The first kappa shape index (κ1) is 84.6. The van der Waals surface area contributed by atoms with Gasteiger partial charge in [0.05, 0.1) is 43.3 Å². The standard InChI is InChI=1S/C82H104N14O16S/c1-48(83-9)71(97)89-69(81(3,4)5)78(104)94-45-59-42-67(94)76(102)86-63(40-52-22-28-54-18-12-14-20-56(54)36-52)73(99)85-65(75(101)92-113(11,108)109)38-50-24-30-60(31-25-50)110-34-16-17-35-111-62-43-68(95(46-62)79(105)70(82(6,7)8)90-72(98)49(2)84-10)77(103)87-64(41-53-23-29-55-19-13-15-21-57(55)37-53)74(100)88-66(80(106)107)39-51-26-32-61(33-27-51)112-47-58-44-96(59)93-91-58/h12-15,18-33,36-37,44,48-49,59,62-70,83-84H,16-17,34-35,38-43,45-47H2,1-11H3,(H,85,99)(H,86,102)(H,87,103)(H,88,100)(H,89,97)(H,90,98)(H,92,101)(H,106,107)/t48-,49-,59-,62-,63-,64-,65-,66-,67-,68-,69+,70+/m0/s1. The summed E-state index contributed by atoms with van der Waals surface area (Å²) >= 11 is 0. The zero-order valence-corrected chi connectivity index (χ0v) is 66.4. The van der Waals surface area contributed by atoms with Crippen LogP contribution >= 0.6 is 0 Å². The molecule has 0 saturated carbocycles. The lowest BCUT2D eigenvalue weighted by atomic mass is 9.85. The number of ether oxygens (including phenoxy) is 3. The Bertz CT molecular complexity index is 4720. The van der Waals surface area contributed by atoms with Crippen LogP contribution in [0.1, 0.15) is 115 Å². The van der Waals surface area contributed by atoms with Crippen LogP contribution in [-0.4, -0.2) is 211 Å². The molecule has 7 aromatic rings. The van der Waals surface area contributed by atoms with E-state index in [1.807, 2.05) is 83.6 Å². The number of carboxylic acid groups (broad SMARTS) is 1. The maximum absolute atomic E-state index is 15.4. The molecule has 30 nitrogen and oxygen atoms in total. The van der Waals surface area contributed by atoms with E-state index in [4.69, 9.17) is 14.2 Å². The van der Waals surface area contributed by atoms with Gasteiger partial charge in [-0.25, -0.2) is 17.9 Å². The van der Waals surface area contributed by atoms with E-state index < -0.39 is 153 Å². The Kier molecular flexibility index (Phi) is 27.8. The quantitative estimate of drug-likeness (QED) is 0.0690. The highest BCUT2D eigenvalue weighted by Gasteiger charge is 2.49. The number of nitrogens with one attached hydrogen (secondary N) is 9. The minimum Gasteiger partial charge on any atom is -0.494 e. The normalized spacial score (nSPS) is 21.9. The molecule has 2 fully saturated rings. The molecule has 12 atom stereocenters. The van der Waals surface area contributed by atoms with E-state index in [0.29, 0.717) is 52.3 Å². The van der Waals surface area contributed by atoms with Gasteiger partial charge in [0.1, 0.15) is 72.1 Å². The highest BCUT2D eigenvalue weighted by molar-refractivity contribution is 7.89. The van der Waals surface area contributed by atoms with Crippen LogP contribution in [0, 0.1) is 10.8 Å². The van der Waals surface area contributed by atoms with Crippen LogP contribution in [-0.2, 0) is 95.0 Å². The van der Waals surface area contributed by atoms with Crippen molar-refractivity contribution in [3.8, 4) is 11.5 Å². The average Bonchev–Trinajstić information content (AvgIpc) is 1.66. The topological polar surface area (TPSA) is 398 Å². The Hall–Kier alpha value is -10.9.